The number of phenolic OH excluding ortho intramolecular Hbond substituents is 1. The number of methoxy groups -OCH3 is 1. The van der Waals surface area contributed by atoms with Gasteiger partial charge in [-0.3, -0.25) is 14.4 Å². The van der Waals surface area contributed by atoms with Crippen LogP contribution in [0.3, 0.4) is 0 Å². The summed E-state index contributed by atoms with van der Waals surface area (Å²) in [6.45, 7) is 7.11. The smallest absolute Gasteiger partial charge is 0.408 e. The molecule has 0 radical (unpaired) electrons. The molecule has 10 nitrogen and oxygen atoms in total. The lowest BCUT2D eigenvalue weighted by Crippen LogP contribution is -2.54. The average Bonchev–Trinajstić information content (AvgIpc) is 3.00. The molecule has 2 aromatic carbocycles. The van der Waals surface area contributed by atoms with Crippen LogP contribution in [0, 0.1) is 12.3 Å². The van der Waals surface area contributed by atoms with Gasteiger partial charge >= 0.3 is 12.1 Å². The summed E-state index contributed by atoms with van der Waals surface area (Å²) in [7, 11) is 1.22. The Bertz CT molecular complexity index is 1290. The fourth-order valence-corrected chi connectivity index (χ4v) is 4.71. The SMILES string of the molecule is C#Cc1ccc(C(C(=O)NCC(=O)OC)N(CCCCCCCC)C(=O)C(Cc2ccc(O)cc2)NC(=O)OC(C)(C)C)cc1. The van der Waals surface area contributed by atoms with E-state index in [0.29, 0.717) is 23.1 Å². The lowest BCUT2D eigenvalue weighted by molar-refractivity contribution is -0.144. The highest BCUT2D eigenvalue weighted by Crippen LogP contribution is 2.25. The summed E-state index contributed by atoms with van der Waals surface area (Å²) in [4.78, 5) is 54.6. The summed E-state index contributed by atoms with van der Waals surface area (Å²) >= 11 is 0. The van der Waals surface area contributed by atoms with E-state index in [2.05, 4.69) is 23.5 Å². The van der Waals surface area contributed by atoms with Gasteiger partial charge in [-0.15, -0.1) is 6.42 Å². The van der Waals surface area contributed by atoms with Crippen LogP contribution in [0.15, 0.2) is 48.5 Å². The van der Waals surface area contributed by atoms with E-state index in [9.17, 15) is 24.3 Å². The third kappa shape index (κ3) is 12.9. The number of rotatable bonds is 16. The monoisotopic (exact) mass is 621 g/mol. The molecule has 2 rings (SSSR count). The molecule has 0 bridgehead atoms. The largest absolute Gasteiger partial charge is 0.508 e. The van der Waals surface area contributed by atoms with Gasteiger partial charge in [0.15, 0.2) is 0 Å². The van der Waals surface area contributed by atoms with Crippen molar-refractivity contribution in [1.82, 2.24) is 15.5 Å². The molecule has 0 heterocycles. The first-order valence-electron chi connectivity index (χ1n) is 15.4. The number of ether oxygens (including phenoxy) is 2. The number of carbonyl (C=O) groups excluding carboxylic acids is 4. The van der Waals surface area contributed by atoms with Crippen LogP contribution < -0.4 is 10.6 Å². The highest BCUT2D eigenvalue weighted by molar-refractivity contribution is 5.93. The molecule has 0 aliphatic heterocycles. The molecule has 45 heavy (non-hydrogen) atoms. The molecule has 0 aliphatic carbocycles. The molecule has 0 saturated carbocycles. The molecule has 0 aromatic heterocycles. The first-order valence-corrected chi connectivity index (χ1v) is 15.4. The minimum absolute atomic E-state index is 0.0594. The number of nitrogens with zero attached hydrogens (tertiary/aromatic N) is 1. The number of aromatic hydroxyl groups is 1. The van der Waals surface area contributed by atoms with Crippen molar-refractivity contribution in [2.75, 3.05) is 20.2 Å². The van der Waals surface area contributed by atoms with Gasteiger partial charge in [0.1, 0.15) is 30.0 Å². The van der Waals surface area contributed by atoms with E-state index in [1.165, 1.54) is 24.1 Å². The van der Waals surface area contributed by atoms with Crippen LogP contribution in [0.2, 0.25) is 0 Å². The van der Waals surface area contributed by atoms with Crippen molar-refractivity contribution in [3.05, 3.63) is 65.2 Å². The van der Waals surface area contributed by atoms with Gasteiger partial charge in [-0.05, 0) is 62.6 Å². The van der Waals surface area contributed by atoms with Crippen molar-refractivity contribution in [1.29, 1.82) is 0 Å². The van der Waals surface area contributed by atoms with Crippen molar-refractivity contribution in [3.8, 4) is 18.1 Å². The lowest BCUT2D eigenvalue weighted by atomic mass is 9.98. The molecular formula is C35H47N3O7. The molecule has 3 amide bonds. The molecule has 0 fully saturated rings. The second-order valence-corrected chi connectivity index (χ2v) is 11.8. The van der Waals surface area contributed by atoms with Gasteiger partial charge in [0.2, 0.25) is 11.8 Å². The molecule has 2 unspecified atom stereocenters. The first-order chi connectivity index (χ1) is 21.4. The van der Waals surface area contributed by atoms with Crippen LogP contribution >= 0.6 is 0 Å². The Hall–Kier alpha value is -4.52. The fraction of sp³-hybridized carbons (Fsp3) is 0.486. The zero-order chi connectivity index (χ0) is 33.4. The number of benzene rings is 2. The van der Waals surface area contributed by atoms with Crippen molar-refractivity contribution in [2.24, 2.45) is 0 Å². The van der Waals surface area contributed by atoms with Crippen molar-refractivity contribution >= 4 is 23.9 Å². The number of phenols is 1. The number of carbonyl (C=O) groups is 4. The van der Waals surface area contributed by atoms with Crippen molar-refractivity contribution < 1.29 is 33.8 Å². The molecule has 2 atom stereocenters. The standard InChI is InChI=1S/C35H47N3O7/c1-7-9-10-11-12-13-22-38(31(32(41)36-24-30(40)44-6)27-18-14-25(8-2)15-19-27)33(42)29(37-34(43)45-35(3,4)5)23-26-16-20-28(39)21-17-26/h2,14-21,29,31,39H,7,9-13,22-24H2,1,3-6H3,(H,36,41)(H,37,43). The summed E-state index contributed by atoms with van der Waals surface area (Å²) in [6, 6.07) is 10.7. The normalized spacial score (nSPS) is 12.3. The van der Waals surface area contributed by atoms with E-state index in [0.717, 1.165) is 32.1 Å². The summed E-state index contributed by atoms with van der Waals surface area (Å²) in [5.41, 5.74) is 0.935. The fourth-order valence-electron chi connectivity index (χ4n) is 4.71. The van der Waals surface area contributed by atoms with Gasteiger partial charge in [-0.25, -0.2) is 4.79 Å². The lowest BCUT2D eigenvalue weighted by Gasteiger charge is -2.34. The quantitative estimate of drug-likeness (QED) is 0.136. The van der Waals surface area contributed by atoms with E-state index in [4.69, 9.17) is 15.9 Å². The highest BCUT2D eigenvalue weighted by atomic mass is 16.6. The Balaban J connectivity index is 2.56. The Morgan fingerprint density at radius 2 is 1.58 bits per heavy atom. The van der Waals surface area contributed by atoms with E-state index >= 15 is 0 Å². The minimum Gasteiger partial charge on any atom is -0.508 e. The number of amides is 3. The second kappa shape index (κ2) is 18.3. The van der Waals surface area contributed by atoms with Crippen LogP contribution in [0.4, 0.5) is 4.79 Å². The second-order valence-electron chi connectivity index (χ2n) is 11.8. The Kier molecular flexibility index (Phi) is 14.9. The summed E-state index contributed by atoms with van der Waals surface area (Å²) in [5.74, 6) is 0.864. The number of nitrogens with one attached hydrogen (secondary N) is 2. The first kappa shape index (κ1) is 36.7. The predicted octanol–water partition coefficient (Wildman–Crippen LogP) is 5.03. The zero-order valence-electron chi connectivity index (χ0n) is 27.1. The van der Waals surface area contributed by atoms with E-state index in [1.54, 1.807) is 57.2 Å². The Labute approximate surface area is 266 Å². The van der Waals surface area contributed by atoms with Gasteiger partial charge < -0.3 is 30.1 Å². The van der Waals surface area contributed by atoms with Crippen LogP contribution in [0.5, 0.6) is 5.75 Å². The maximum atomic E-state index is 14.5. The summed E-state index contributed by atoms with van der Waals surface area (Å²) in [5, 5.41) is 15.1. The van der Waals surface area contributed by atoms with Crippen LogP contribution in [0.25, 0.3) is 0 Å². The Morgan fingerprint density at radius 3 is 2.16 bits per heavy atom. The molecular weight excluding hydrogens is 574 g/mol. The Morgan fingerprint density at radius 1 is 0.956 bits per heavy atom. The zero-order valence-corrected chi connectivity index (χ0v) is 27.1. The number of hydrogen-bond acceptors (Lipinski definition) is 7. The molecule has 244 valence electrons. The molecule has 0 saturated heterocycles. The summed E-state index contributed by atoms with van der Waals surface area (Å²) < 4.78 is 10.2. The third-order valence-electron chi connectivity index (χ3n) is 6.99. The molecule has 0 spiro atoms. The molecule has 2 aromatic rings. The van der Waals surface area contributed by atoms with Crippen LogP contribution in [-0.2, 0) is 30.3 Å². The maximum absolute atomic E-state index is 14.5. The van der Waals surface area contributed by atoms with Crippen LogP contribution in [-0.4, -0.2) is 65.7 Å². The van der Waals surface area contributed by atoms with Gasteiger partial charge in [0, 0.05) is 18.5 Å². The van der Waals surface area contributed by atoms with E-state index in [-0.39, 0.29) is 25.3 Å². The van der Waals surface area contributed by atoms with Gasteiger partial charge in [-0.1, -0.05) is 69.2 Å². The van der Waals surface area contributed by atoms with Gasteiger partial charge in [0.25, 0.3) is 0 Å². The minimum atomic E-state index is -1.15. The maximum Gasteiger partial charge on any atom is 0.408 e. The van der Waals surface area contributed by atoms with Gasteiger partial charge in [-0.2, -0.15) is 0 Å². The van der Waals surface area contributed by atoms with E-state index in [1.807, 2.05) is 0 Å². The summed E-state index contributed by atoms with van der Waals surface area (Å²) in [6.07, 6.45) is 10.5. The van der Waals surface area contributed by atoms with Gasteiger partial charge in [0.05, 0.1) is 7.11 Å². The van der Waals surface area contributed by atoms with Crippen molar-refractivity contribution in [2.45, 2.75) is 90.3 Å². The number of hydrogen-bond donors (Lipinski definition) is 3. The predicted molar refractivity (Wildman–Crippen MR) is 172 cm³/mol. The van der Waals surface area contributed by atoms with E-state index < -0.39 is 41.6 Å². The number of unbranched alkanes of at least 4 members (excludes halogenated alkanes) is 5. The molecule has 3 N–H and O–H groups in total. The van der Waals surface area contributed by atoms with Crippen LogP contribution in [0.1, 0.15) is 89.0 Å². The number of alkyl carbamates (subject to hydrolysis) is 1. The number of terminal acetylenes is 1. The molecule has 10 heteroatoms. The third-order valence-corrected chi connectivity index (χ3v) is 6.99. The molecule has 0 aliphatic rings. The highest BCUT2D eigenvalue weighted by Gasteiger charge is 2.36. The topological polar surface area (TPSA) is 134 Å². The number of esters is 1. The van der Waals surface area contributed by atoms with Crippen molar-refractivity contribution in [3.63, 3.8) is 0 Å². The average molecular weight is 622 g/mol.